The third-order valence-electron chi connectivity index (χ3n) is 6.21. The van der Waals surface area contributed by atoms with E-state index in [0.717, 1.165) is 31.2 Å². The van der Waals surface area contributed by atoms with Gasteiger partial charge < -0.3 is 15.3 Å². The Kier molecular flexibility index (Phi) is 4.43. The van der Waals surface area contributed by atoms with Crippen LogP contribution in [0.4, 0.5) is 4.79 Å². The van der Waals surface area contributed by atoms with Gasteiger partial charge in [-0.3, -0.25) is 0 Å². The minimum Gasteiger partial charge on any atom is -0.393 e. The summed E-state index contributed by atoms with van der Waals surface area (Å²) in [5.74, 6) is 2.69. The van der Waals surface area contributed by atoms with Gasteiger partial charge in [-0.05, 0) is 63.7 Å². The van der Waals surface area contributed by atoms with Crippen LogP contribution < -0.4 is 5.32 Å². The topological polar surface area (TPSA) is 52.6 Å². The summed E-state index contributed by atoms with van der Waals surface area (Å²) in [6.45, 7) is 5.55. The summed E-state index contributed by atoms with van der Waals surface area (Å²) in [4.78, 5) is 14.4. The molecule has 2 saturated carbocycles. The highest BCUT2D eigenvalue weighted by Gasteiger charge is 2.42. The van der Waals surface area contributed by atoms with Crippen molar-refractivity contribution in [3.05, 3.63) is 0 Å². The quantitative estimate of drug-likeness (QED) is 0.840. The molecule has 0 aromatic heterocycles. The zero-order valence-electron chi connectivity index (χ0n) is 13.4. The van der Waals surface area contributed by atoms with E-state index < -0.39 is 0 Å². The molecular formula is C17H30N2O2. The molecule has 2 amide bonds. The zero-order valence-corrected chi connectivity index (χ0v) is 13.4. The van der Waals surface area contributed by atoms with Crippen LogP contribution in [0.25, 0.3) is 0 Å². The molecule has 4 nitrogen and oxygen atoms in total. The van der Waals surface area contributed by atoms with Gasteiger partial charge in [-0.25, -0.2) is 4.79 Å². The summed E-state index contributed by atoms with van der Waals surface area (Å²) in [6.07, 6.45) is 7.19. The predicted octanol–water partition coefficient (Wildman–Crippen LogP) is 2.61. The number of hydrogen-bond acceptors (Lipinski definition) is 2. The van der Waals surface area contributed by atoms with E-state index in [2.05, 4.69) is 12.2 Å². The average Bonchev–Trinajstić information content (AvgIpc) is 3.10. The van der Waals surface area contributed by atoms with E-state index in [1.165, 1.54) is 25.7 Å². The molecule has 3 aliphatic rings. The van der Waals surface area contributed by atoms with E-state index in [-0.39, 0.29) is 18.1 Å². The van der Waals surface area contributed by atoms with Crippen molar-refractivity contribution < 1.29 is 9.90 Å². The molecule has 4 heteroatoms. The number of aliphatic hydroxyl groups excluding tert-OH is 1. The van der Waals surface area contributed by atoms with Crippen LogP contribution in [0.3, 0.4) is 0 Å². The molecule has 120 valence electrons. The van der Waals surface area contributed by atoms with Crippen molar-refractivity contribution in [3.63, 3.8) is 0 Å². The van der Waals surface area contributed by atoms with E-state index in [1.807, 2.05) is 11.8 Å². The monoisotopic (exact) mass is 294 g/mol. The highest BCUT2D eigenvalue weighted by molar-refractivity contribution is 5.74. The molecule has 21 heavy (non-hydrogen) atoms. The van der Waals surface area contributed by atoms with Gasteiger partial charge in [0.1, 0.15) is 0 Å². The van der Waals surface area contributed by atoms with Crippen molar-refractivity contribution in [3.8, 4) is 0 Å². The molecule has 1 saturated heterocycles. The van der Waals surface area contributed by atoms with Gasteiger partial charge in [0.15, 0.2) is 0 Å². The van der Waals surface area contributed by atoms with E-state index in [9.17, 15) is 9.90 Å². The Bertz CT molecular complexity index is 385. The Morgan fingerprint density at radius 3 is 2.67 bits per heavy atom. The SMILES string of the molecule is CC(O)C1CCCN(C(=O)NC(C)C2CC3CCC2C3)C1. The lowest BCUT2D eigenvalue weighted by Gasteiger charge is -2.36. The number of nitrogens with zero attached hydrogens (tertiary/aromatic N) is 1. The number of rotatable bonds is 3. The maximum Gasteiger partial charge on any atom is 0.317 e. The molecule has 3 rings (SSSR count). The number of carbonyl (C=O) groups excluding carboxylic acids is 1. The fourth-order valence-electron chi connectivity index (χ4n) is 4.89. The van der Waals surface area contributed by atoms with E-state index in [4.69, 9.17) is 0 Å². The number of nitrogens with one attached hydrogen (secondary N) is 1. The van der Waals surface area contributed by atoms with Gasteiger partial charge in [0.2, 0.25) is 0 Å². The molecular weight excluding hydrogens is 264 g/mol. The highest BCUT2D eigenvalue weighted by Crippen LogP contribution is 2.49. The molecule has 0 aromatic carbocycles. The Labute approximate surface area is 128 Å². The summed E-state index contributed by atoms with van der Waals surface area (Å²) >= 11 is 0. The van der Waals surface area contributed by atoms with Gasteiger partial charge in [-0.2, -0.15) is 0 Å². The van der Waals surface area contributed by atoms with Gasteiger partial charge in [-0.1, -0.05) is 6.42 Å². The van der Waals surface area contributed by atoms with Gasteiger partial charge >= 0.3 is 6.03 Å². The number of amides is 2. The predicted molar refractivity (Wildman–Crippen MR) is 82.9 cm³/mol. The summed E-state index contributed by atoms with van der Waals surface area (Å²) in [6, 6.07) is 0.371. The van der Waals surface area contributed by atoms with Crippen LogP contribution in [-0.4, -0.2) is 41.3 Å². The van der Waals surface area contributed by atoms with E-state index >= 15 is 0 Å². The highest BCUT2D eigenvalue weighted by atomic mass is 16.3. The van der Waals surface area contributed by atoms with Crippen LogP contribution in [0.15, 0.2) is 0 Å². The molecule has 2 N–H and O–H groups in total. The maximum atomic E-state index is 12.5. The maximum absolute atomic E-state index is 12.5. The lowest BCUT2D eigenvalue weighted by atomic mass is 9.84. The molecule has 1 heterocycles. The summed E-state index contributed by atoms with van der Waals surface area (Å²) in [5.41, 5.74) is 0. The molecule has 2 bridgehead atoms. The first kappa shape index (κ1) is 15.1. The molecule has 3 fully saturated rings. The van der Waals surface area contributed by atoms with Crippen molar-refractivity contribution in [1.29, 1.82) is 0 Å². The Morgan fingerprint density at radius 2 is 2.05 bits per heavy atom. The van der Waals surface area contributed by atoms with Crippen LogP contribution in [-0.2, 0) is 0 Å². The first-order valence-corrected chi connectivity index (χ1v) is 8.78. The second-order valence-corrected chi connectivity index (χ2v) is 7.67. The lowest BCUT2D eigenvalue weighted by Crippen LogP contribution is -2.51. The molecule has 2 aliphatic carbocycles. The third kappa shape index (κ3) is 3.20. The first-order valence-electron chi connectivity index (χ1n) is 8.78. The molecule has 6 atom stereocenters. The number of aliphatic hydroxyl groups is 1. The van der Waals surface area contributed by atoms with Crippen LogP contribution in [0, 0.1) is 23.7 Å². The van der Waals surface area contributed by atoms with Gasteiger partial charge in [-0.15, -0.1) is 0 Å². The van der Waals surface area contributed by atoms with Crippen molar-refractivity contribution >= 4 is 6.03 Å². The number of hydrogen-bond donors (Lipinski definition) is 2. The zero-order chi connectivity index (χ0) is 15.0. The number of piperidine rings is 1. The second-order valence-electron chi connectivity index (χ2n) is 7.67. The minimum atomic E-state index is -0.316. The van der Waals surface area contributed by atoms with Gasteiger partial charge in [0.05, 0.1) is 6.10 Å². The first-order chi connectivity index (χ1) is 10.0. The lowest BCUT2D eigenvalue weighted by molar-refractivity contribution is 0.0725. The smallest absolute Gasteiger partial charge is 0.317 e. The molecule has 1 aliphatic heterocycles. The normalized spacial score (nSPS) is 38.3. The number of fused-ring (bicyclic) bond motifs is 2. The average molecular weight is 294 g/mol. The molecule has 0 spiro atoms. The summed E-state index contributed by atoms with van der Waals surface area (Å²) in [7, 11) is 0. The number of urea groups is 1. The van der Waals surface area contributed by atoms with Crippen LogP contribution in [0.1, 0.15) is 52.4 Å². The third-order valence-corrected chi connectivity index (χ3v) is 6.21. The molecule has 0 aromatic rings. The standard InChI is InChI=1S/C17H30N2O2/c1-11(16-9-13-5-6-14(16)8-13)18-17(21)19-7-3-4-15(10-19)12(2)20/h11-16,20H,3-10H2,1-2H3,(H,18,21). The number of likely N-dealkylation sites (tertiary alicyclic amines) is 1. The molecule has 0 radical (unpaired) electrons. The molecule has 6 unspecified atom stereocenters. The van der Waals surface area contributed by atoms with Crippen LogP contribution >= 0.6 is 0 Å². The second kappa shape index (κ2) is 6.15. The number of carbonyl (C=O) groups is 1. The van der Waals surface area contributed by atoms with E-state index in [0.29, 0.717) is 18.5 Å². The van der Waals surface area contributed by atoms with Gasteiger partial charge in [0.25, 0.3) is 0 Å². The van der Waals surface area contributed by atoms with Crippen molar-refractivity contribution in [1.82, 2.24) is 10.2 Å². The van der Waals surface area contributed by atoms with Crippen LogP contribution in [0.2, 0.25) is 0 Å². The van der Waals surface area contributed by atoms with Crippen molar-refractivity contribution in [2.45, 2.75) is 64.5 Å². The van der Waals surface area contributed by atoms with E-state index in [1.54, 1.807) is 0 Å². The Balaban J connectivity index is 1.51. The summed E-state index contributed by atoms with van der Waals surface area (Å²) in [5, 5.41) is 13.0. The van der Waals surface area contributed by atoms with Gasteiger partial charge in [0, 0.05) is 25.0 Å². The summed E-state index contributed by atoms with van der Waals surface area (Å²) < 4.78 is 0. The Hall–Kier alpha value is -0.770. The van der Waals surface area contributed by atoms with Crippen molar-refractivity contribution in [2.75, 3.05) is 13.1 Å². The largest absolute Gasteiger partial charge is 0.393 e. The van der Waals surface area contributed by atoms with Crippen LogP contribution in [0.5, 0.6) is 0 Å². The minimum absolute atomic E-state index is 0.0793. The fraction of sp³-hybridized carbons (Fsp3) is 0.941. The Morgan fingerprint density at radius 1 is 1.24 bits per heavy atom. The van der Waals surface area contributed by atoms with Crippen molar-refractivity contribution in [2.24, 2.45) is 23.7 Å². The fourth-order valence-corrected chi connectivity index (χ4v) is 4.89.